The number of aryl methyl sites for hydroxylation is 2. The molecule has 27 heavy (non-hydrogen) atoms. The molecule has 0 aliphatic carbocycles. The zero-order valence-corrected chi connectivity index (χ0v) is 17.4. The lowest BCUT2D eigenvalue weighted by atomic mass is 9.97. The molecule has 1 amide bonds. The topological polar surface area (TPSA) is 60.2 Å². The van der Waals surface area contributed by atoms with Crippen molar-refractivity contribution in [3.63, 3.8) is 0 Å². The van der Waals surface area contributed by atoms with E-state index in [1.54, 1.807) is 4.90 Å². The number of amides is 1. The number of halogens is 1. The fraction of sp³-hybridized carbons (Fsp3) is 0.550. The summed E-state index contributed by atoms with van der Waals surface area (Å²) >= 11 is 6.11. The van der Waals surface area contributed by atoms with Crippen LogP contribution in [0.1, 0.15) is 56.7 Å². The van der Waals surface area contributed by atoms with E-state index >= 15 is 0 Å². The van der Waals surface area contributed by atoms with Crippen molar-refractivity contribution >= 4 is 17.7 Å². The van der Waals surface area contributed by atoms with Crippen LogP contribution in [-0.4, -0.2) is 44.4 Å². The number of piperidine rings is 1. The molecule has 2 heterocycles. The Morgan fingerprint density at radius 2 is 2.00 bits per heavy atom. The molecular weight excluding hydrogens is 364 g/mol. The number of hydrogen-bond acceptors (Lipinski definition) is 4. The summed E-state index contributed by atoms with van der Waals surface area (Å²) in [4.78, 5) is 14.3. The summed E-state index contributed by atoms with van der Waals surface area (Å²) in [6.07, 6.45) is 1.61. The third kappa shape index (κ3) is 4.43. The number of ether oxygens (including phenoxy) is 1. The largest absolute Gasteiger partial charge is 0.444 e. The smallest absolute Gasteiger partial charge is 0.410 e. The zero-order valence-electron chi connectivity index (χ0n) is 16.6. The molecule has 0 radical (unpaired) electrons. The van der Waals surface area contributed by atoms with Gasteiger partial charge < -0.3 is 9.64 Å². The number of nitrogens with zero attached hydrogens (tertiary/aromatic N) is 4. The molecule has 0 saturated carbocycles. The lowest BCUT2D eigenvalue weighted by molar-refractivity contribution is 0.0195. The van der Waals surface area contributed by atoms with Crippen LogP contribution in [0.3, 0.4) is 0 Å². The average molecular weight is 391 g/mol. The van der Waals surface area contributed by atoms with E-state index in [1.807, 2.05) is 52.8 Å². The van der Waals surface area contributed by atoms with Crippen LogP contribution in [0, 0.1) is 13.8 Å². The molecule has 146 valence electrons. The number of benzene rings is 1. The van der Waals surface area contributed by atoms with E-state index < -0.39 is 5.60 Å². The molecule has 7 heteroatoms. The second-order valence-electron chi connectivity index (χ2n) is 8.14. The van der Waals surface area contributed by atoms with Gasteiger partial charge in [-0.1, -0.05) is 11.6 Å². The lowest BCUT2D eigenvalue weighted by Crippen LogP contribution is -2.42. The molecule has 0 spiro atoms. The van der Waals surface area contributed by atoms with E-state index in [4.69, 9.17) is 16.3 Å². The van der Waals surface area contributed by atoms with Crippen LogP contribution in [-0.2, 0) is 4.74 Å². The van der Waals surface area contributed by atoms with E-state index in [0.717, 1.165) is 35.7 Å². The molecule has 0 bridgehead atoms. The first-order valence-electron chi connectivity index (χ1n) is 9.32. The van der Waals surface area contributed by atoms with Gasteiger partial charge in [-0.05, 0) is 71.2 Å². The van der Waals surface area contributed by atoms with Gasteiger partial charge in [0.15, 0.2) is 0 Å². The number of rotatable bonds is 2. The highest BCUT2D eigenvalue weighted by atomic mass is 35.5. The highest BCUT2D eigenvalue weighted by molar-refractivity contribution is 6.30. The Balaban J connectivity index is 1.88. The van der Waals surface area contributed by atoms with Crippen molar-refractivity contribution in [2.75, 3.05) is 13.1 Å². The van der Waals surface area contributed by atoms with Crippen LogP contribution in [0.2, 0.25) is 5.02 Å². The van der Waals surface area contributed by atoms with Gasteiger partial charge in [-0.2, -0.15) is 0 Å². The predicted octanol–water partition coefficient (Wildman–Crippen LogP) is 4.65. The van der Waals surface area contributed by atoms with Gasteiger partial charge >= 0.3 is 6.09 Å². The van der Waals surface area contributed by atoms with E-state index in [2.05, 4.69) is 14.8 Å². The Labute approximate surface area is 165 Å². The average Bonchev–Trinajstić information content (AvgIpc) is 2.95. The highest BCUT2D eigenvalue weighted by Crippen LogP contribution is 2.30. The van der Waals surface area contributed by atoms with Crippen molar-refractivity contribution in [1.29, 1.82) is 0 Å². The van der Waals surface area contributed by atoms with E-state index in [1.165, 1.54) is 0 Å². The number of carbonyl (C=O) groups excluding carboxylic acids is 1. The van der Waals surface area contributed by atoms with Gasteiger partial charge in [-0.3, -0.25) is 4.57 Å². The summed E-state index contributed by atoms with van der Waals surface area (Å²) in [6, 6.07) is 5.81. The first-order valence-corrected chi connectivity index (χ1v) is 9.70. The van der Waals surface area contributed by atoms with Crippen LogP contribution in [0.4, 0.5) is 4.79 Å². The highest BCUT2D eigenvalue weighted by Gasteiger charge is 2.31. The minimum Gasteiger partial charge on any atom is -0.444 e. The molecule has 1 atom stereocenters. The molecule has 1 aliphatic rings. The summed E-state index contributed by atoms with van der Waals surface area (Å²) in [6.45, 7) is 10.9. The van der Waals surface area contributed by atoms with Crippen molar-refractivity contribution < 1.29 is 9.53 Å². The Morgan fingerprint density at radius 3 is 2.67 bits per heavy atom. The fourth-order valence-corrected chi connectivity index (χ4v) is 3.72. The third-order valence-corrected chi connectivity index (χ3v) is 4.92. The monoisotopic (exact) mass is 390 g/mol. The van der Waals surface area contributed by atoms with Gasteiger partial charge in [0.1, 0.15) is 17.2 Å². The Morgan fingerprint density at radius 1 is 1.26 bits per heavy atom. The van der Waals surface area contributed by atoms with Crippen LogP contribution in [0.25, 0.3) is 5.69 Å². The summed E-state index contributed by atoms with van der Waals surface area (Å²) in [5, 5.41) is 9.46. The summed E-state index contributed by atoms with van der Waals surface area (Å²) in [5.41, 5.74) is 1.58. The van der Waals surface area contributed by atoms with Crippen molar-refractivity contribution in [3.05, 3.63) is 40.4 Å². The second kappa shape index (κ2) is 7.50. The van der Waals surface area contributed by atoms with Gasteiger partial charge in [-0.15, -0.1) is 10.2 Å². The number of likely N-dealkylation sites (tertiary alicyclic amines) is 1. The van der Waals surface area contributed by atoms with Crippen LogP contribution in [0.5, 0.6) is 0 Å². The minimum absolute atomic E-state index is 0.113. The summed E-state index contributed by atoms with van der Waals surface area (Å²) in [5.74, 6) is 1.82. The molecule has 1 aromatic heterocycles. The zero-order chi connectivity index (χ0) is 19.8. The second-order valence-corrected chi connectivity index (χ2v) is 8.57. The molecule has 2 aromatic rings. The van der Waals surface area contributed by atoms with Crippen LogP contribution < -0.4 is 0 Å². The molecule has 3 rings (SSSR count). The number of aromatic nitrogens is 3. The van der Waals surface area contributed by atoms with E-state index in [-0.39, 0.29) is 12.0 Å². The third-order valence-electron chi connectivity index (χ3n) is 4.69. The normalized spacial score (nSPS) is 17.9. The first-order chi connectivity index (χ1) is 12.7. The van der Waals surface area contributed by atoms with Crippen molar-refractivity contribution in [1.82, 2.24) is 19.7 Å². The van der Waals surface area contributed by atoms with Gasteiger partial charge in [-0.25, -0.2) is 4.79 Å². The molecule has 1 unspecified atom stereocenters. The molecule has 6 nitrogen and oxygen atoms in total. The van der Waals surface area contributed by atoms with Crippen molar-refractivity contribution in [2.24, 2.45) is 0 Å². The Kier molecular flexibility index (Phi) is 5.47. The van der Waals surface area contributed by atoms with E-state index in [9.17, 15) is 4.79 Å². The van der Waals surface area contributed by atoms with Crippen molar-refractivity contribution in [2.45, 2.75) is 59.0 Å². The van der Waals surface area contributed by atoms with Crippen LogP contribution >= 0.6 is 11.6 Å². The van der Waals surface area contributed by atoms with Gasteiger partial charge in [0.25, 0.3) is 0 Å². The molecular formula is C20H27ClN4O2. The van der Waals surface area contributed by atoms with Gasteiger partial charge in [0.2, 0.25) is 0 Å². The molecule has 0 N–H and O–H groups in total. The fourth-order valence-electron chi connectivity index (χ4n) is 3.49. The SMILES string of the molecule is Cc1cc(Cl)ccc1-n1c(C)nnc1C1CCCN(C(=O)OC(C)(C)C)C1. The molecule has 1 fully saturated rings. The lowest BCUT2D eigenvalue weighted by Gasteiger charge is -2.34. The van der Waals surface area contributed by atoms with E-state index in [0.29, 0.717) is 18.1 Å². The van der Waals surface area contributed by atoms with Crippen LogP contribution in [0.15, 0.2) is 18.2 Å². The maximum absolute atomic E-state index is 12.5. The predicted molar refractivity (Wildman–Crippen MR) is 106 cm³/mol. The summed E-state index contributed by atoms with van der Waals surface area (Å²) in [7, 11) is 0. The quantitative estimate of drug-likeness (QED) is 0.748. The Hall–Kier alpha value is -2.08. The molecule has 1 aromatic carbocycles. The van der Waals surface area contributed by atoms with Gasteiger partial charge in [0.05, 0.1) is 5.69 Å². The Bertz CT molecular complexity index is 841. The van der Waals surface area contributed by atoms with Crippen molar-refractivity contribution in [3.8, 4) is 5.69 Å². The first kappa shape index (κ1) is 19.7. The molecule has 1 aliphatic heterocycles. The minimum atomic E-state index is -0.499. The maximum Gasteiger partial charge on any atom is 0.410 e. The standard InChI is InChI=1S/C20H27ClN4O2/c1-13-11-16(21)8-9-17(13)25-14(2)22-23-18(25)15-7-6-10-24(12-15)19(26)27-20(3,4)5/h8-9,11,15H,6-7,10,12H2,1-5H3. The molecule has 1 saturated heterocycles. The maximum atomic E-state index is 12.5. The number of carbonyl (C=O) groups is 1. The number of hydrogen-bond donors (Lipinski definition) is 0. The summed E-state index contributed by atoms with van der Waals surface area (Å²) < 4.78 is 7.62. The van der Waals surface area contributed by atoms with Gasteiger partial charge in [0, 0.05) is 24.0 Å².